The van der Waals surface area contributed by atoms with Gasteiger partial charge < -0.3 is 15.6 Å². The number of nitrogens with two attached hydrogens (primary N) is 1. The third-order valence-corrected chi connectivity index (χ3v) is 1.94. The molecular formula is C10H16N2O2. The average molecular weight is 196 g/mol. The van der Waals surface area contributed by atoms with E-state index in [-0.39, 0.29) is 6.61 Å². The monoisotopic (exact) mass is 196 g/mol. The molecule has 1 heterocycles. The first kappa shape index (κ1) is 10.9. The Bertz CT molecular complexity index is 300. The van der Waals surface area contributed by atoms with Crippen LogP contribution < -0.4 is 10.5 Å². The van der Waals surface area contributed by atoms with Crippen LogP contribution in [0.2, 0.25) is 0 Å². The fourth-order valence-electron chi connectivity index (χ4n) is 1.14. The van der Waals surface area contributed by atoms with E-state index in [4.69, 9.17) is 15.6 Å². The van der Waals surface area contributed by atoms with Gasteiger partial charge in [-0.05, 0) is 13.0 Å². The van der Waals surface area contributed by atoms with Crippen LogP contribution in [0, 0.1) is 0 Å². The molecule has 14 heavy (non-hydrogen) atoms. The minimum atomic E-state index is -0.626. The van der Waals surface area contributed by atoms with Gasteiger partial charge in [0.15, 0.2) is 0 Å². The molecular weight excluding hydrogens is 180 g/mol. The summed E-state index contributed by atoms with van der Waals surface area (Å²) in [5.41, 5.74) is 6.01. The number of aliphatic hydroxyl groups excluding tert-OH is 1. The van der Waals surface area contributed by atoms with E-state index in [1.165, 1.54) is 0 Å². The average Bonchev–Trinajstić information content (AvgIpc) is 2.17. The van der Waals surface area contributed by atoms with Crippen molar-refractivity contribution >= 4 is 0 Å². The van der Waals surface area contributed by atoms with Crippen molar-refractivity contribution in [1.29, 1.82) is 0 Å². The topological polar surface area (TPSA) is 68.4 Å². The van der Waals surface area contributed by atoms with Gasteiger partial charge in [-0.1, -0.05) is 6.07 Å². The lowest BCUT2D eigenvalue weighted by Crippen LogP contribution is -2.42. The van der Waals surface area contributed by atoms with Crippen molar-refractivity contribution in [3.63, 3.8) is 0 Å². The fraction of sp³-hybridized carbons (Fsp3) is 0.500. The van der Waals surface area contributed by atoms with Crippen LogP contribution in [0.4, 0.5) is 0 Å². The Hall–Kier alpha value is -1.13. The molecule has 0 aromatic carbocycles. The number of nitrogens with zero attached hydrogens (tertiary/aromatic N) is 1. The molecule has 0 saturated heterocycles. The predicted molar refractivity (Wildman–Crippen MR) is 54.2 cm³/mol. The number of pyridine rings is 1. The zero-order chi connectivity index (χ0) is 10.6. The van der Waals surface area contributed by atoms with Crippen LogP contribution in [0.15, 0.2) is 18.2 Å². The summed E-state index contributed by atoms with van der Waals surface area (Å²) in [6.45, 7) is 1.72. The second kappa shape index (κ2) is 4.39. The molecule has 0 fully saturated rings. The molecule has 3 N–H and O–H groups in total. The first-order chi connectivity index (χ1) is 6.57. The van der Waals surface area contributed by atoms with Crippen molar-refractivity contribution in [2.45, 2.75) is 18.9 Å². The second-order valence-electron chi connectivity index (χ2n) is 3.66. The van der Waals surface area contributed by atoms with Crippen molar-refractivity contribution in [3.8, 4) is 5.88 Å². The minimum absolute atomic E-state index is 0.0636. The van der Waals surface area contributed by atoms with Gasteiger partial charge in [0.2, 0.25) is 5.88 Å². The normalized spacial score (nSPS) is 14.9. The molecule has 1 atom stereocenters. The lowest BCUT2D eigenvalue weighted by molar-refractivity contribution is 0.207. The molecule has 0 bridgehead atoms. The van der Waals surface area contributed by atoms with E-state index in [0.717, 1.165) is 5.69 Å². The van der Waals surface area contributed by atoms with Gasteiger partial charge in [-0.2, -0.15) is 0 Å². The Balaban J connectivity index is 2.76. The molecule has 0 amide bonds. The molecule has 1 aromatic heterocycles. The summed E-state index contributed by atoms with van der Waals surface area (Å²) in [7, 11) is 1.57. The van der Waals surface area contributed by atoms with Gasteiger partial charge in [-0.3, -0.25) is 0 Å². The number of aliphatic hydroxyl groups is 1. The molecule has 0 aliphatic heterocycles. The van der Waals surface area contributed by atoms with Crippen LogP contribution in [0.1, 0.15) is 12.6 Å². The molecule has 1 rings (SSSR count). The smallest absolute Gasteiger partial charge is 0.213 e. The zero-order valence-corrected chi connectivity index (χ0v) is 8.53. The molecule has 0 aliphatic carbocycles. The first-order valence-electron chi connectivity index (χ1n) is 4.47. The van der Waals surface area contributed by atoms with Crippen LogP contribution in [0.25, 0.3) is 0 Å². The molecule has 4 nitrogen and oxygen atoms in total. The molecule has 0 radical (unpaired) electrons. The van der Waals surface area contributed by atoms with Gasteiger partial charge in [0, 0.05) is 23.7 Å². The highest BCUT2D eigenvalue weighted by Gasteiger charge is 2.18. The standard InChI is InChI=1S/C10H16N2O2/c1-10(11,7-13)6-8-4-3-5-9(12-8)14-2/h3-5,13H,6-7,11H2,1-2H3. The Morgan fingerprint density at radius 3 is 2.86 bits per heavy atom. The summed E-state index contributed by atoms with van der Waals surface area (Å²) in [6.07, 6.45) is 0.528. The number of ether oxygens (including phenoxy) is 1. The zero-order valence-electron chi connectivity index (χ0n) is 8.53. The van der Waals surface area contributed by atoms with Gasteiger partial charge in [-0.25, -0.2) is 4.98 Å². The number of methoxy groups -OCH3 is 1. The highest BCUT2D eigenvalue weighted by molar-refractivity contribution is 5.17. The van der Waals surface area contributed by atoms with Gasteiger partial charge in [0.1, 0.15) is 0 Å². The summed E-state index contributed by atoms with van der Waals surface area (Å²) in [4.78, 5) is 4.21. The van der Waals surface area contributed by atoms with Crippen LogP contribution in [-0.2, 0) is 6.42 Å². The minimum Gasteiger partial charge on any atom is -0.481 e. The van der Waals surface area contributed by atoms with Crippen molar-refractivity contribution in [2.24, 2.45) is 5.73 Å². The van der Waals surface area contributed by atoms with Gasteiger partial charge >= 0.3 is 0 Å². The van der Waals surface area contributed by atoms with E-state index < -0.39 is 5.54 Å². The predicted octanol–water partition coefficient (Wildman–Crippen LogP) is 0.342. The summed E-state index contributed by atoms with van der Waals surface area (Å²) in [5.74, 6) is 0.566. The van der Waals surface area contributed by atoms with Crippen LogP contribution in [-0.4, -0.2) is 29.3 Å². The summed E-state index contributed by atoms with van der Waals surface area (Å²) in [6, 6.07) is 5.49. The summed E-state index contributed by atoms with van der Waals surface area (Å²) in [5, 5.41) is 9.00. The van der Waals surface area contributed by atoms with Crippen LogP contribution in [0.3, 0.4) is 0 Å². The summed E-state index contributed by atoms with van der Waals surface area (Å²) < 4.78 is 4.99. The largest absolute Gasteiger partial charge is 0.481 e. The number of rotatable bonds is 4. The maximum Gasteiger partial charge on any atom is 0.213 e. The molecule has 0 spiro atoms. The third-order valence-electron chi connectivity index (χ3n) is 1.94. The van der Waals surface area contributed by atoms with Gasteiger partial charge in [0.25, 0.3) is 0 Å². The Labute approximate surface area is 83.7 Å². The second-order valence-corrected chi connectivity index (χ2v) is 3.66. The SMILES string of the molecule is COc1cccc(CC(C)(N)CO)n1. The number of hydrogen-bond acceptors (Lipinski definition) is 4. The molecule has 0 saturated carbocycles. The molecule has 78 valence electrons. The van der Waals surface area contributed by atoms with Crippen molar-refractivity contribution in [2.75, 3.05) is 13.7 Å². The van der Waals surface area contributed by atoms with E-state index in [2.05, 4.69) is 4.98 Å². The highest BCUT2D eigenvalue weighted by atomic mass is 16.5. The van der Waals surface area contributed by atoms with Gasteiger partial charge in [-0.15, -0.1) is 0 Å². The third kappa shape index (κ3) is 2.97. The van der Waals surface area contributed by atoms with E-state index in [0.29, 0.717) is 12.3 Å². The van der Waals surface area contributed by atoms with E-state index in [1.807, 2.05) is 12.1 Å². The maximum absolute atomic E-state index is 9.00. The van der Waals surface area contributed by atoms with Crippen molar-refractivity contribution in [3.05, 3.63) is 23.9 Å². The molecule has 1 unspecified atom stereocenters. The van der Waals surface area contributed by atoms with Crippen LogP contribution in [0.5, 0.6) is 5.88 Å². The number of hydrogen-bond donors (Lipinski definition) is 2. The van der Waals surface area contributed by atoms with Crippen molar-refractivity contribution < 1.29 is 9.84 Å². The van der Waals surface area contributed by atoms with E-state index in [1.54, 1.807) is 20.1 Å². The molecule has 4 heteroatoms. The van der Waals surface area contributed by atoms with E-state index >= 15 is 0 Å². The quantitative estimate of drug-likeness (QED) is 0.728. The Morgan fingerprint density at radius 2 is 2.29 bits per heavy atom. The number of aromatic nitrogens is 1. The van der Waals surface area contributed by atoms with E-state index in [9.17, 15) is 0 Å². The molecule has 1 aromatic rings. The lowest BCUT2D eigenvalue weighted by Gasteiger charge is -2.20. The maximum atomic E-state index is 9.00. The lowest BCUT2D eigenvalue weighted by atomic mass is 9.98. The Morgan fingerprint density at radius 1 is 1.57 bits per heavy atom. The molecule has 0 aliphatic rings. The highest BCUT2D eigenvalue weighted by Crippen LogP contribution is 2.11. The van der Waals surface area contributed by atoms with Gasteiger partial charge in [0.05, 0.1) is 13.7 Å². The Kier molecular flexibility index (Phi) is 3.43. The van der Waals surface area contributed by atoms with Crippen molar-refractivity contribution in [1.82, 2.24) is 4.98 Å². The summed E-state index contributed by atoms with van der Waals surface area (Å²) >= 11 is 0. The van der Waals surface area contributed by atoms with Crippen LogP contribution >= 0.6 is 0 Å². The fourth-order valence-corrected chi connectivity index (χ4v) is 1.14. The first-order valence-corrected chi connectivity index (χ1v) is 4.47.